The van der Waals surface area contributed by atoms with Crippen LogP contribution in [0.2, 0.25) is 0 Å². The Bertz CT molecular complexity index is 536. The quantitative estimate of drug-likeness (QED) is 0.350. The predicted molar refractivity (Wildman–Crippen MR) is 124 cm³/mol. The van der Waals surface area contributed by atoms with Crippen LogP contribution in [0.15, 0.2) is 12.4 Å². The Balaban J connectivity index is 1.34. The predicted octanol–water partition coefficient (Wildman–Crippen LogP) is 8.26. The van der Waals surface area contributed by atoms with Crippen LogP contribution in [0.5, 0.6) is 0 Å². The minimum atomic E-state index is 0.616. The molecular weight excluding hydrogens is 352 g/mol. The van der Waals surface area contributed by atoms with Crippen molar-refractivity contribution in [1.29, 1.82) is 0 Å². The van der Waals surface area contributed by atoms with E-state index in [2.05, 4.69) is 26.2 Å². The average molecular weight is 399 g/mol. The molecule has 0 spiro atoms. The Kier molecular flexibility index (Phi) is 9.97. The van der Waals surface area contributed by atoms with Crippen molar-refractivity contribution in [2.45, 2.75) is 129 Å². The molecule has 29 heavy (non-hydrogen) atoms. The average Bonchev–Trinajstić information content (AvgIpc) is 2.78. The molecule has 0 N–H and O–H groups in total. The minimum Gasteiger partial charge on any atom is -0.241 e. The fraction of sp³-hybridized carbons (Fsp3) is 0.852. The lowest BCUT2D eigenvalue weighted by molar-refractivity contribution is 0.250. The van der Waals surface area contributed by atoms with Gasteiger partial charge in [0.1, 0.15) is 5.82 Å². The summed E-state index contributed by atoms with van der Waals surface area (Å²) >= 11 is 0. The summed E-state index contributed by atoms with van der Waals surface area (Å²) in [7, 11) is 0. The van der Waals surface area contributed by atoms with E-state index in [0.29, 0.717) is 5.92 Å². The fourth-order valence-corrected chi connectivity index (χ4v) is 5.77. The van der Waals surface area contributed by atoms with E-state index in [9.17, 15) is 0 Å². The second-order valence-corrected chi connectivity index (χ2v) is 10.2. The Morgan fingerprint density at radius 3 is 1.76 bits per heavy atom. The first-order chi connectivity index (χ1) is 14.3. The summed E-state index contributed by atoms with van der Waals surface area (Å²) < 4.78 is 0. The summed E-state index contributed by atoms with van der Waals surface area (Å²) in [6.45, 7) is 4.62. The Morgan fingerprint density at radius 1 is 0.655 bits per heavy atom. The number of rotatable bonds is 11. The molecule has 0 bridgehead atoms. The molecular formula is C27H46N2. The van der Waals surface area contributed by atoms with Crippen molar-refractivity contribution >= 4 is 0 Å². The molecule has 2 saturated carbocycles. The van der Waals surface area contributed by atoms with Crippen LogP contribution in [0.25, 0.3) is 0 Å². The van der Waals surface area contributed by atoms with Crippen molar-refractivity contribution in [2.75, 3.05) is 0 Å². The van der Waals surface area contributed by atoms with Gasteiger partial charge in [-0.05, 0) is 61.8 Å². The SMILES string of the molecule is CCCCCC1CCC(c2ncc(CCC3CCC(CCCC)CC3)cn2)CC1. The number of hydrogen-bond donors (Lipinski definition) is 0. The van der Waals surface area contributed by atoms with Gasteiger partial charge in [-0.15, -0.1) is 0 Å². The second-order valence-electron chi connectivity index (χ2n) is 10.2. The van der Waals surface area contributed by atoms with Crippen LogP contribution >= 0.6 is 0 Å². The van der Waals surface area contributed by atoms with E-state index in [1.54, 1.807) is 0 Å². The number of unbranched alkanes of at least 4 members (excludes halogenated alkanes) is 3. The highest BCUT2D eigenvalue weighted by molar-refractivity contribution is 5.08. The van der Waals surface area contributed by atoms with Gasteiger partial charge in [0, 0.05) is 18.3 Å². The molecule has 1 heterocycles. The Morgan fingerprint density at radius 2 is 1.17 bits per heavy atom. The first-order valence-electron chi connectivity index (χ1n) is 13.1. The smallest absolute Gasteiger partial charge is 0.131 e. The van der Waals surface area contributed by atoms with E-state index in [1.807, 2.05) is 0 Å². The third-order valence-electron chi connectivity index (χ3n) is 7.93. The van der Waals surface area contributed by atoms with Crippen LogP contribution in [0.3, 0.4) is 0 Å². The lowest BCUT2D eigenvalue weighted by Gasteiger charge is -2.28. The molecule has 2 heteroatoms. The standard InChI is InChI=1S/C27H46N2/c1-3-5-7-9-23-16-18-26(19-17-23)27-28-20-25(21-29-27)15-14-24-12-10-22(11-13-24)8-6-4-2/h20-24,26H,3-19H2,1-2H3. The van der Waals surface area contributed by atoms with Gasteiger partial charge in [-0.25, -0.2) is 9.97 Å². The van der Waals surface area contributed by atoms with E-state index in [1.165, 1.54) is 115 Å². The topological polar surface area (TPSA) is 25.8 Å². The number of aryl methyl sites for hydroxylation is 1. The van der Waals surface area contributed by atoms with Crippen LogP contribution in [0, 0.1) is 17.8 Å². The van der Waals surface area contributed by atoms with Crippen LogP contribution in [-0.4, -0.2) is 9.97 Å². The highest BCUT2D eigenvalue weighted by atomic mass is 14.9. The van der Waals surface area contributed by atoms with Crippen LogP contribution in [0.1, 0.15) is 134 Å². The molecule has 0 aromatic carbocycles. The van der Waals surface area contributed by atoms with E-state index in [0.717, 1.165) is 23.6 Å². The van der Waals surface area contributed by atoms with E-state index in [-0.39, 0.29) is 0 Å². The summed E-state index contributed by atoms with van der Waals surface area (Å²) in [6.07, 6.45) is 27.9. The molecule has 0 saturated heterocycles. The zero-order valence-corrected chi connectivity index (χ0v) is 19.4. The van der Waals surface area contributed by atoms with E-state index in [4.69, 9.17) is 9.97 Å². The first kappa shape index (κ1) is 22.8. The van der Waals surface area contributed by atoms with Gasteiger partial charge in [-0.3, -0.25) is 0 Å². The van der Waals surface area contributed by atoms with E-state index < -0.39 is 0 Å². The molecule has 1 aromatic rings. The van der Waals surface area contributed by atoms with Crippen LogP contribution in [-0.2, 0) is 6.42 Å². The summed E-state index contributed by atoms with van der Waals surface area (Å²) in [4.78, 5) is 9.60. The van der Waals surface area contributed by atoms with Gasteiger partial charge in [-0.2, -0.15) is 0 Å². The largest absolute Gasteiger partial charge is 0.241 e. The van der Waals surface area contributed by atoms with Gasteiger partial charge >= 0.3 is 0 Å². The van der Waals surface area contributed by atoms with Crippen molar-refractivity contribution in [2.24, 2.45) is 17.8 Å². The maximum atomic E-state index is 4.80. The van der Waals surface area contributed by atoms with Crippen LogP contribution in [0.4, 0.5) is 0 Å². The molecule has 2 aliphatic carbocycles. The molecule has 0 atom stereocenters. The van der Waals surface area contributed by atoms with Gasteiger partial charge in [0.25, 0.3) is 0 Å². The lowest BCUT2D eigenvalue weighted by atomic mass is 9.78. The first-order valence-corrected chi connectivity index (χ1v) is 13.1. The highest BCUT2D eigenvalue weighted by Gasteiger charge is 2.24. The summed E-state index contributed by atoms with van der Waals surface area (Å²) in [6, 6.07) is 0. The molecule has 2 nitrogen and oxygen atoms in total. The molecule has 0 unspecified atom stereocenters. The maximum Gasteiger partial charge on any atom is 0.131 e. The van der Waals surface area contributed by atoms with E-state index >= 15 is 0 Å². The zero-order valence-electron chi connectivity index (χ0n) is 19.4. The molecule has 2 fully saturated rings. The molecule has 164 valence electrons. The van der Waals surface area contributed by atoms with Crippen molar-refractivity contribution in [3.8, 4) is 0 Å². The maximum absolute atomic E-state index is 4.80. The molecule has 0 aliphatic heterocycles. The second kappa shape index (κ2) is 12.7. The van der Waals surface area contributed by atoms with Gasteiger partial charge in [-0.1, -0.05) is 84.5 Å². The number of nitrogens with zero attached hydrogens (tertiary/aromatic N) is 2. The third kappa shape index (κ3) is 7.68. The van der Waals surface area contributed by atoms with Crippen LogP contribution < -0.4 is 0 Å². The Labute approximate surface area is 180 Å². The monoisotopic (exact) mass is 398 g/mol. The number of hydrogen-bond acceptors (Lipinski definition) is 2. The molecule has 2 aliphatic rings. The molecule has 1 aromatic heterocycles. The Hall–Kier alpha value is -0.920. The normalized spacial score (nSPS) is 27.8. The summed E-state index contributed by atoms with van der Waals surface area (Å²) in [5, 5.41) is 0. The highest BCUT2D eigenvalue weighted by Crippen LogP contribution is 2.37. The van der Waals surface area contributed by atoms with Gasteiger partial charge < -0.3 is 0 Å². The van der Waals surface area contributed by atoms with Crippen molar-refractivity contribution in [3.63, 3.8) is 0 Å². The molecule has 0 radical (unpaired) electrons. The lowest BCUT2D eigenvalue weighted by Crippen LogP contribution is -2.16. The van der Waals surface area contributed by atoms with Crippen molar-refractivity contribution in [1.82, 2.24) is 9.97 Å². The minimum absolute atomic E-state index is 0.616. The molecule has 3 rings (SSSR count). The fourth-order valence-electron chi connectivity index (χ4n) is 5.77. The van der Waals surface area contributed by atoms with Crippen molar-refractivity contribution < 1.29 is 0 Å². The summed E-state index contributed by atoms with van der Waals surface area (Å²) in [5.41, 5.74) is 1.36. The third-order valence-corrected chi connectivity index (χ3v) is 7.93. The molecule has 0 amide bonds. The zero-order chi connectivity index (χ0) is 20.3. The van der Waals surface area contributed by atoms with Gasteiger partial charge in [0.2, 0.25) is 0 Å². The van der Waals surface area contributed by atoms with Gasteiger partial charge in [0.15, 0.2) is 0 Å². The summed E-state index contributed by atoms with van der Waals surface area (Å²) in [5.74, 6) is 4.67. The van der Waals surface area contributed by atoms with Gasteiger partial charge in [0.05, 0.1) is 0 Å². The number of aromatic nitrogens is 2. The van der Waals surface area contributed by atoms with Crippen molar-refractivity contribution in [3.05, 3.63) is 23.8 Å².